The molecule has 0 saturated carbocycles. The number of nitro groups is 1. The molecule has 26 heavy (non-hydrogen) atoms. The number of halogens is 2. The summed E-state index contributed by atoms with van der Waals surface area (Å²) in [5.41, 5.74) is 0.555. The summed E-state index contributed by atoms with van der Waals surface area (Å²) in [7, 11) is 1.29. The molecule has 0 aliphatic rings. The van der Waals surface area contributed by atoms with Gasteiger partial charge < -0.3 is 14.2 Å². The van der Waals surface area contributed by atoms with Crippen LogP contribution in [-0.2, 0) is 11.3 Å². The smallest absolute Gasteiger partial charge is 0.387 e. The van der Waals surface area contributed by atoms with E-state index >= 15 is 0 Å². The van der Waals surface area contributed by atoms with Crippen LogP contribution in [0.3, 0.4) is 0 Å². The largest absolute Gasteiger partial charge is 0.493 e. The lowest BCUT2D eigenvalue weighted by Gasteiger charge is -2.12. The van der Waals surface area contributed by atoms with Crippen molar-refractivity contribution in [2.75, 3.05) is 7.11 Å². The van der Waals surface area contributed by atoms with Gasteiger partial charge >= 0.3 is 12.6 Å². The highest BCUT2D eigenvalue weighted by molar-refractivity contribution is 5.92. The lowest BCUT2D eigenvalue weighted by atomic mass is 10.1. The van der Waals surface area contributed by atoms with Crippen molar-refractivity contribution in [3.63, 3.8) is 0 Å². The van der Waals surface area contributed by atoms with Gasteiger partial charge in [0.15, 0.2) is 11.5 Å². The maximum absolute atomic E-state index is 12.3. The molecule has 0 spiro atoms. The van der Waals surface area contributed by atoms with Gasteiger partial charge in [-0.3, -0.25) is 10.1 Å². The van der Waals surface area contributed by atoms with E-state index in [9.17, 15) is 23.7 Å². The zero-order valence-electron chi connectivity index (χ0n) is 13.9. The molecule has 0 amide bonds. The molecule has 0 atom stereocenters. The van der Waals surface area contributed by atoms with Crippen LogP contribution in [0.25, 0.3) is 0 Å². The van der Waals surface area contributed by atoms with Gasteiger partial charge in [-0.25, -0.2) is 4.79 Å². The van der Waals surface area contributed by atoms with Gasteiger partial charge in [0.1, 0.15) is 6.61 Å². The first-order valence-electron chi connectivity index (χ1n) is 7.36. The van der Waals surface area contributed by atoms with Gasteiger partial charge in [0.2, 0.25) is 0 Å². The topological polar surface area (TPSA) is 87.9 Å². The Labute approximate surface area is 147 Å². The first-order valence-corrected chi connectivity index (χ1v) is 7.36. The molecule has 0 N–H and O–H groups in total. The first-order chi connectivity index (χ1) is 12.3. The monoisotopic (exact) mass is 367 g/mol. The molecule has 0 heterocycles. The molecular weight excluding hydrogens is 352 g/mol. The van der Waals surface area contributed by atoms with E-state index in [2.05, 4.69) is 4.74 Å². The van der Waals surface area contributed by atoms with Gasteiger partial charge in [0.05, 0.1) is 17.6 Å². The Morgan fingerprint density at radius 1 is 1.23 bits per heavy atom. The van der Waals surface area contributed by atoms with Crippen LogP contribution in [0, 0.1) is 17.0 Å². The van der Waals surface area contributed by atoms with E-state index < -0.39 is 17.5 Å². The molecule has 0 unspecified atom stereocenters. The molecule has 7 nitrogen and oxygen atoms in total. The summed E-state index contributed by atoms with van der Waals surface area (Å²) in [5, 5.41) is 10.9. The van der Waals surface area contributed by atoms with Crippen LogP contribution < -0.4 is 9.47 Å². The minimum absolute atomic E-state index is 0.0605. The lowest BCUT2D eigenvalue weighted by Crippen LogP contribution is -2.09. The van der Waals surface area contributed by atoms with Crippen LogP contribution >= 0.6 is 0 Å². The third-order valence-electron chi connectivity index (χ3n) is 3.54. The number of alkyl halides is 2. The Kier molecular flexibility index (Phi) is 6.05. The number of nitro benzene ring substituents is 1. The third kappa shape index (κ3) is 4.44. The van der Waals surface area contributed by atoms with Crippen molar-refractivity contribution in [1.82, 2.24) is 0 Å². The Hall–Kier alpha value is -3.23. The molecule has 0 radical (unpaired) electrons. The summed E-state index contributed by atoms with van der Waals surface area (Å²) >= 11 is 0. The molecule has 2 aromatic carbocycles. The molecule has 2 rings (SSSR count). The fourth-order valence-corrected chi connectivity index (χ4v) is 2.26. The van der Waals surface area contributed by atoms with Crippen LogP contribution in [0.4, 0.5) is 14.5 Å². The van der Waals surface area contributed by atoms with E-state index in [0.717, 1.165) is 0 Å². The summed E-state index contributed by atoms with van der Waals surface area (Å²) in [6, 6.07) is 8.21. The molecule has 0 fully saturated rings. The Bertz CT molecular complexity index is 825. The van der Waals surface area contributed by atoms with Gasteiger partial charge in [-0.15, -0.1) is 0 Å². The third-order valence-corrected chi connectivity index (χ3v) is 3.54. The number of carbonyl (C=O) groups is 1. The van der Waals surface area contributed by atoms with Crippen molar-refractivity contribution < 1.29 is 32.7 Å². The first kappa shape index (κ1) is 19.1. The van der Waals surface area contributed by atoms with E-state index in [1.165, 1.54) is 50.4 Å². The fraction of sp³-hybridized carbons (Fsp3) is 0.235. The Balaban J connectivity index is 2.13. The van der Waals surface area contributed by atoms with Crippen LogP contribution in [0.1, 0.15) is 21.5 Å². The minimum atomic E-state index is -3.00. The number of hydrogen-bond donors (Lipinski definition) is 0. The molecule has 0 bridgehead atoms. The van der Waals surface area contributed by atoms with Gasteiger partial charge in [0.25, 0.3) is 5.69 Å². The van der Waals surface area contributed by atoms with Gasteiger partial charge in [0, 0.05) is 11.6 Å². The van der Waals surface area contributed by atoms with Crippen molar-refractivity contribution in [2.45, 2.75) is 20.1 Å². The standard InChI is InChI=1S/C17H15F2NO6/c1-10-12(4-3-5-13(10)20(22)23)16(21)25-9-11-6-7-14(26-17(18)19)15(8-11)24-2/h3-8,17H,9H2,1-2H3. The van der Waals surface area contributed by atoms with Crippen LogP contribution in [0.5, 0.6) is 11.5 Å². The van der Waals surface area contributed by atoms with Crippen LogP contribution in [-0.4, -0.2) is 24.6 Å². The van der Waals surface area contributed by atoms with Gasteiger partial charge in [-0.2, -0.15) is 8.78 Å². The number of esters is 1. The van der Waals surface area contributed by atoms with Gasteiger partial charge in [-0.05, 0) is 30.7 Å². The molecule has 0 aromatic heterocycles. The summed E-state index contributed by atoms with van der Waals surface area (Å²) in [6.07, 6.45) is 0. The van der Waals surface area contributed by atoms with Crippen molar-refractivity contribution in [1.29, 1.82) is 0 Å². The number of nitrogens with zero attached hydrogens (tertiary/aromatic N) is 1. The highest BCUT2D eigenvalue weighted by Gasteiger charge is 2.19. The predicted molar refractivity (Wildman–Crippen MR) is 86.6 cm³/mol. The summed E-state index contributed by atoms with van der Waals surface area (Å²) in [5.74, 6) is -0.824. The van der Waals surface area contributed by atoms with Crippen molar-refractivity contribution >= 4 is 11.7 Å². The highest BCUT2D eigenvalue weighted by Crippen LogP contribution is 2.30. The van der Waals surface area contributed by atoms with Crippen molar-refractivity contribution in [3.05, 3.63) is 63.2 Å². The fourth-order valence-electron chi connectivity index (χ4n) is 2.26. The van der Waals surface area contributed by atoms with Crippen molar-refractivity contribution in [2.24, 2.45) is 0 Å². The lowest BCUT2D eigenvalue weighted by molar-refractivity contribution is -0.385. The second-order valence-corrected chi connectivity index (χ2v) is 5.15. The molecule has 0 aliphatic heterocycles. The molecule has 138 valence electrons. The van der Waals surface area contributed by atoms with E-state index in [4.69, 9.17) is 9.47 Å². The molecule has 9 heteroatoms. The number of hydrogen-bond acceptors (Lipinski definition) is 6. The van der Waals surface area contributed by atoms with E-state index in [0.29, 0.717) is 5.56 Å². The highest BCUT2D eigenvalue weighted by atomic mass is 19.3. The van der Waals surface area contributed by atoms with Crippen LogP contribution in [0.15, 0.2) is 36.4 Å². The number of carbonyl (C=O) groups excluding carboxylic acids is 1. The van der Waals surface area contributed by atoms with E-state index in [1.807, 2.05) is 0 Å². The zero-order chi connectivity index (χ0) is 19.3. The maximum Gasteiger partial charge on any atom is 0.387 e. The average molecular weight is 367 g/mol. The molecule has 0 saturated heterocycles. The van der Waals surface area contributed by atoms with Gasteiger partial charge in [-0.1, -0.05) is 12.1 Å². The second-order valence-electron chi connectivity index (χ2n) is 5.15. The summed E-state index contributed by atoms with van der Waals surface area (Å²) < 4.78 is 39.0. The Morgan fingerprint density at radius 2 is 1.96 bits per heavy atom. The average Bonchev–Trinajstić information content (AvgIpc) is 2.60. The maximum atomic E-state index is 12.3. The number of rotatable bonds is 7. The van der Waals surface area contributed by atoms with E-state index in [-0.39, 0.29) is 34.9 Å². The molecule has 0 aliphatic carbocycles. The summed E-state index contributed by atoms with van der Waals surface area (Å²) in [6.45, 7) is -1.72. The SMILES string of the molecule is COc1cc(COC(=O)c2cccc([N+](=O)[O-])c2C)ccc1OC(F)F. The molecular formula is C17H15F2NO6. The second kappa shape index (κ2) is 8.24. The normalized spacial score (nSPS) is 10.5. The number of benzene rings is 2. The Morgan fingerprint density at radius 3 is 2.58 bits per heavy atom. The zero-order valence-corrected chi connectivity index (χ0v) is 13.9. The van der Waals surface area contributed by atoms with Crippen molar-refractivity contribution in [3.8, 4) is 11.5 Å². The number of methoxy groups -OCH3 is 1. The summed E-state index contributed by atoms with van der Waals surface area (Å²) in [4.78, 5) is 22.5. The predicted octanol–water partition coefficient (Wildman–Crippen LogP) is 3.87. The minimum Gasteiger partial charge on any atom is -0.493 e. The quantitative estimate of drug-likeness (QED) is 0.419. The number of ether oxygens (including phenoxy) is 3. The van der Waals surface area contributed by atoms with Crippen LogP contribution in [0.2, 0.25) is 0 Å². The van der Waals surface area contributed by atoms with E-state index in [1.54, 1.807) is 0 Å². The molecule has 2 aromatic rings.